The van der Waals surface area contributed by atoms with Crippen LogP contribution in [0.1, 0.15) is 13.8 Å². The molecule has 0 spiro atoms. The highest BCUT2D eigenvalue weighted by Crippen LogP contribution is 2.32. The fourth-order valence-electron chi connectivity index (χ4n) is 3.00. The van der Waals surface area contributed by atoms with Crippen LogP contribution in [0.5, 0.6) is 0 Å². The second-order valence-electron chi connectivity index (χ2n) is 6.29. The van der Waals surface area contributed by atoms with Crippen LogP contribution in [0, 0.1) is 0 Å². The van der Waals surface area contributed by atoms with Crippen molar-refractivity contribution in [2.45, 2.75) is 13.8 Å². The summed E-state index contributed by atoms with van der Waals surface area (Å²) in [6.45, 7) is 8.19. The average Bonchev–Trinajstić information content (AvgIpc) is 2.71. The van der Waals surface area contributed by atoms with Crippen LogP contribution in [0.15, 0.2) is 62.4 Å². The average molecular weight is 380 g/mol. The number of benzene rings is 2. The maximum atomic E-state index is 11.8. The van der Waals surface area contributed by atoms with E-state index in [0.29, 0.717) is 5.69 Å². The molecule has 3 rings (SSSR count). The van der Waals surface area contributed by atoms with Crippen molar-refractivity contribution in [3.05, 3.63) is 63.4 Å². The highest BCUT2D eigenvalue weighted by atomic mass is 16.2. The van der Waals surface area contributed by atoms with Crippen LogP contribution >= 0.6 is 0 Å². The first kappa shape index (κ1) is 19.5. The molecule has 3 N–H and O–H groups in total. The summed E-state index contributed by atoms with van der Waals surface area (Å²) < 4.78 is 0. The van der Waals surface area contributed by atoms with Crippen LogP contribution in [0.4, 0.5) is 17.1 Å². The fraction of sp³-hybridized carbons (Fsp3) is 0.300. The molecule has 1 aromatic heterocycles. The summed E-state index contributed by atoms with van der Waals surface area (Å²) in [6, 6.07) is 11.7. The highest BCUT2D eigenvalue weighted by Gasteiger charge is 2.07. The van der Waals surface area contributed by atoms with E-state index < -0.39 is 11.2 Å². The summed E-state index contributed by atoms with van der Waals surface area (Å²) in [7, 11) is 0. The number of hydrogen-bond donors (Lipinski definition) is 3. The minimum Gasteiger partial charge on any atom is -0.383 e. The minimum atomic E-state index is -0.577. The van der Waals surface area contributed by atoms with Gasteiger partial charge < -0.3 is 15.2 Å². The smallest absolute Gasteiger partial charge is 0.325 e. The molecule has 0 amide bonds. The predicted molar refractivity (Wildman–Crippen MR) is 112 cm³/mol. The Balaban J connectivity index is 1.86. The Labute approximate surface area is 162 Å². The summed E-state index contributed by atoms with van der Waals surface area (Å²) in [5.74, 6) is 0. The van der Waals surface area contributed by atoms with Gasteiger partial charge in [-0.1, -0.05) is 38.1 Å². The number of likely N-dealkylation sites (N-methyl/N-ethyl adjacent to an activating group) is 1. The van der Waals surface area contributed by atoms with Crippen molar-refractivity contribution in [2.75, 3.05) is 31.5 Å². The molecule has 1 heterocycles. The van der Waals surface area contributed by atoms with Crippen molar-refractivity contribution in [3.63, 3.8) is 0 Å². The molecule has 146 valence electrons. The van der Waals surface area contributed by atoms with Gasteiger partial charge >= 0.3 is 5.69 Å². The number of nitrogens with one attached hydrogen (secondary N) is 3. The molecular weight excluding hydrogens is 356 g/mol. The van der Waals surface area contributed by atoms with E-state index in [-0.39, 0.29) is 5.69 Å². The molecule has 8 nitrogen and oxygen atoms in total. The van der Waals surface area contributed by atoms with E-state index in [2.05, 4.69) is 44.3 Å². The SMILES string of the molecule is CCN(CC)CCNc1ccc(N=Nc2c[nH]c(=O)[nH]c2=O)c2ccccc12. The summed E-state index contributed by atoms with van der Waals surface area (Å²) in [5.41, 5.74) is 0.574. The first-order chi connectivity index (χ1) is 13.6. The van der Waals surface area contributed by atoms with Crippen LogP contribution in [0.2, 0.25) is 0 Å². The van der Waals surface area contributed by atoms with Crippen LogP contribution in [-0.4, -0.2) is 41.0 Å². The predicted octanol–water partition coefficient (Wildman–Crippen LogP) is 3.39. The number of rotatable bonds is 8. The number of hydrogen-bond acceptors (Lipinski definition) is 6. The molecule has 0 fully saturated rings. The Morgan fingerprint density at radius 3 is 2.39 bits per heavy atom. The Morgan fingerprint density at radius 2 is 1.68 bits per heavy atom. The van der Waals surface area contributed by atoms with E-state index in [9.17, 15) is 9.59 Å². The lowest BCUT2D eigenvalue weighted by Crippen LogP contribution is -2.28. The summed E-state index contributed by atoms with van der Waals surface area (Å²) >= 11 is 0. The number of nitrogens with zero attached hydrogens (tertiary/aromatic N) is 3. The zero-order valence-electron chi connectivity index (χ0n) is 16.0. The van der Waals surface area contributed by atoms with Gasteiger partial charge in [0.15, 0.2) is 5.69 Å². The molecule has 0 unspecified atom stereocenters. The third kappa shape index (κ3) is 4.52. The Kier molecular flexibility index (Phi) is 6.33. The molecule has 0 saturated carbocycles. The van der Waals surface area contributed by atoms with Gasteiger partial charge in [0, 0.05) is 35.7 Å². The van der Waals surface area contributed by atoms with Gasteiger partial charge in [-0.25, -0.2) is 4.79 Å². The molecule has 28 heavy (non-hydrogen) atoms. The van der Waals surface area contributed by atoms with Gasteiger partial charge in [-0.3, -0.25) is 9.78 Å². The van der Waals surface area contributed by atoms with Gasteiger partial charge in [0.05, 0.1) is 5.69 Å². The van der Waals surface area contributed by atoms with E-state index in [0.717, 1.165) is 42.6 Å². The topological polar surface area (TPSA) is 106 Å². The number of azo groups is 1. The van der Waals surface area contributed by atoms with Crippen LogP contribution < -0.4 is 16.6 Å². The molecule has 0 aliphatic heterocycles. The van der Waals surface area contributed by atoms with Gasteiger partial charge in [-0.05, 0) is 25.2 Å². The van der Waals surface area contributed by atoms with Gasteiger partial charge in [0.1, 0.15) is 0 Å². The molecular formula is C20H24N6O2. The third-order valence-electron chi connectivity index (χ3n) is 4.60. The summed E-state index contributed by atoms with van der Waals surface area (Å²) in [5, 5.41) is 13.7. The molecule has 0 bridgehead atoms. The molecule has 8 heteroatoms. The van der Waals surface area contributed by atoms with Gasteiger partial charge in [0.2, 0.25) is 0 Å². The van der Waals surface area contributed by atoms with Crippen molar-refractivity contribution in [3.8, 4) is 0 Å². The molecule has 0 saturated heterocycles. The lowest BCUT2D eigenvalue weighted by molar-refractivity contribution is 0.316. The highest BCUT2D eigenvalue weighted by molar-refractivity contribution is 6.00. The van der Waals surface area contributed by atoms with Gasteiger partial charge in [0.25, 0.3) is 5.56 Å². The van der Waals surface area contributed by atoms with E-state index in [4.69, 9.17) is 0 Å². The first-order valence-electron chi connectivity index (χ1n) is 9.34. The number of H-pyrrole nitrogens is 2. The fourth-order valence-corrected chi connectivity index (χ4v) is 3.00. The zero-order valence-corrected chi connectivity index (χ0v) is 16.0. The van der Waals surface area contributed by atoms with E-state index in [1.54, 1.807) is 0 Å². The summed E-state index contributed by atoms with van der Waals surface area (Å²) in [4.78, 5) is 29.7. The second kappa shape index (κ2) is 9.09. The number of anilines is 1. The zero-order chi connectivity index (χ0) is 19.9. The van der Waals surface area contributed by atoms with E-state index in [1.165, 1.54) is 6.20 Å². The maximum Gasteiger partial charge on any atom is 0.325 e. The summed E-state index contributed by atoms with van der Waals surface area (Å²) in [6.07, 6.45) is 1.25. The van der Waals surface area contributed by atoms with Crippen molar-refractivity contribution >= 4 is 27.8 Å². The molecule has 0 radical (unpaired) electrons. The lowest BCUT2D eigenvalue weighted by Gasteiger charge is -2.19. The lowest BCUT2D eigenvalue weighted by atomic mass is 10.1. The van der Waals surface area contributed by atoms with Crippen molar-refractivity contribution < 1.29 is 0 Å². The van der Waals surface area contributed by atoms with E-state index in [1.807, 2.05) is 36.4 Å². The molecule has 0 atom stereocenters. The molecule has 0 aliphatic carbocycles. The number of aromatic nitrogens is 2. The first-order valence-corrected chi connectivity index (χ1v) is 9.34. The Bertz CT molecular complexity index is 1080. The van der Waals surface area contributed by atoms with Crippen molar-refractivity contribution in [1.29, 1.82) is 0 Å². The standard InChI is InChI=1S/C20H24N6O2/c1-3-26(4-2)12-11-21-16-9-10-17(15-8-6-5-7-14(15)16)24-25-18-13-22-20(28)23-19(18)27/h5-10,13,21H,3-4,11-12H2,1-2H3,(H2,22,23,27,28). The van der Waals surface area contributed by atoms with Gasteiger partial charge in [-0.2, -0.15) is 0 Å². The van der Waals surface area contributed by atoms with Crippen molar-refractivity contribution in [2.24, 2.45) is 10.2 Å². The molecule has 2 aromatic carbocycles. The maximum absolute atomic E-state index is 11.8. The van der Waals surface area contributed by atoms with Crippen LogP contribution in [0.25, 0.3) is 10.8 Å². The molecule has 0 aliphatic rings. The quantitative estimate of drug-likeness (QED) is 0.521. The molecule has 3 aromatic rings. The van der Waals surface area contributed by atoms with Crippen LogP contribution in [-0.2, 0) is 0 Å². The third-order valence-corrected chi connectivity index (χ3v) is 4.60. The Hall–Kier alpha value is -3.26. The van der Waals surface area contributed by atoms with Gasteiger partial charge in [-0.15, -0.1) is 10.2 Å². The second-order valence-corrected chi connectivity index (χ2v) is 6.29. The minimum absolute atomic E-state index is 0.0464. The number of fused-ring (bicyclic) bond motifs is 1. The normalized spacial score (nSPS) is 11.5. The van der Waals surface area contributed by atoms with Crippen LogP contribution in [0.3, 0.4) is 0 Å². The largest absolute Gasteiger partial charge is 0.383 e. The Morgan fingerprint density at radius 1 is 0.964 bits per heavy atom. The van der Waals surface area contributed by atoms with Crippen molar-refractivity contribution in [1.82, 2.24) is 14.9 Å². The number of aromatic amines is 2. The van der Waals surface area contributed by atoms with E-state index >= 15 is 0 Å². The monoisotopic (exact) mass is 380 g/mol.